The fourth-order valence-electron chi connectivity index (χ4n) is 8.43. The lowest BCUT2D eigenvalue weighted by atomic mass is 9.95. The second-order valence-electron chi connectivity index (χ2n) is 14.5. The van der Waals surface area contributed by atoms with E-state index in [1.54, 1.807) is 6.20 Å². The van der Waals surface area contributed by atoms with Gasteiger partial charge in [-0.3, -0.25) is 19.2 Å². The number of hydrogen-bond acceptors (Lipinski definition) is 6. The second-order valence-corrected chi connectivity index (χ2v) is 14.5. The van der Waals surface area contributed by atoms with E-state index in [4.69, 9.17) is 0 Å². The van der Waals surface area contributed by atoms with E-state index in [1.807, 2.05) is 38.6 Å². The van der Waals surface area contributed by atoms with Crippen LogP contribution in [0.4, 0.5) is 4.79 Å². The zero-order valence-electron chi connectivity index (χ0n) is 29.9. The van der Waals surface area contributed by atoms with Gasteiger partial charge < -0.3 is 25.0 Å². The van der Waals surface area contributed by atoms with Crippen LogP contribution in [0.15, 0.2) is 53.5 Å². The van der Waals surface area contributed by atoms with E-state index in [2.05, 4.69) is 64.2 Å². The molecule has 3 saturated heterocycles. The van der Waals surface area contributed by atoms with Crippen LogP contribution >= 0.6 is 0 Å². The summed E-state index contributed by atoms with van der Waals surface area (Å²) in [7, 11) is 2.18. The van der Waals surface area contributed by atoms with E-state index < -0.39 is 6.04 Å². The number of nitrogens with one attached hydrogen (secondary N) is 2. The van der Waals surface area contributed by atoms with E-state index in [0.29, 0.717) is 51.5 Å². The van der Waals surface area contributed by atoms with Crippen LogP contribution in [0.3, 0.4) is 0 Å². The van der Waals surface area contributed by atoms with Crippen molar-refractivity contribution in [2.24, 2.45) is 0 Å². The largest absolute Gasteiger partial charge is 0.341 e. The van der Waals surface area contributed by atoms with E-state index in [9.17, 15) is 14.4 Å². The van der Waals surface area contributed by atoms with Gasteiger partial charge in [0.25, 0.3) is 0 Å². The summed E-state index contributed by atoms with van der Waals surface area (Å²) in [6.45, 7) is 11.1. The van der Waals surface area contributed by atoms with Gasteiger partial charge in [0, 0.05) is 76.2 Å². The van der Waals surface area contributed by atoms with Gasteiger partial charge in [0.1, 0.15) is 6.04 Å². The van der Waals surface area contributed by atoms with Crippen LogP contribution < -0.4 is 11.0 Å². The summed E-state index contributed by atoms with van der Waals surface area (Å²) in [5, 5.41) is 4.11. The Morgan fingerprint density at radius 2 is 1.54 bits per heavy atom. The molecule has 5 heterocycles. The summed E-state index contributed by atoms with van der Waals surface area (Å²) in [6.07, 6.45) is 7.35. The smallest absolute Gasteiger partial charge is 0.326 e. The molecule has 1 atom stereocenters. The highest BCUT2D eigenvalue weighted by Gasteiger charge is 2.34. The topological polar surface area (TPSA) is 110 Å². The van der Waals surface area contributed by atoms with Crippen LogP contribution in [0.2, 0.25) is 0 Å². The Bertz CT molecular complexity index is 1880. The van der Waals surface area contributed by atoms with Gasteiger partial charge >= 0.3 is 11.7 Å². The Hall–Kier alpha value is -4.22. The minimum atomic E-state index is -0.645. The first kappa shape index (κ1) is 34.2. The molecule has 11 heteroatoms. The molecule has 3 aliphatic heterocycles. The van der Waals surface area contributed by atoms with Crippen molar-refractivity contribution < 1.29 is 9.59 Å². The number of para-hydroxylation sites is 1. The van der Waals surface area contributed by atoms with Gasteiger partial charge in [0.2, 0.25) is 5.91 Å². The van der Waals surface area contributed by atoms with Gasteiger partial charge in [-0.25, -0.2) is 9.59 Å². The maximum atomic E-state index is 14.2. The molecule has 11 nitrogen and oxygen atoms in total. The number of nitrogens with zero attached hydrogens (tertiary/aromatic N) is 6. The number of hydrogen-bond donors (Lipinski definition) is 2. The number of benzene rings is 2. The van der Waals surface area contributed by atoms with Crippen molar-refractivity contribution in [2.75, 3.05) is 59.4 Å². The number of imidazole rings is 1. The molecule has 0 unspecified atom stereocenters. The van der Waals surface area contributed by atoms with Gasteiger partial charge in [-0.2, -0.15) is 0 Å². The molecule has 2 aromatic carbocycles. The average molecular weight is 681 g/mol. The highest BCUT2D eigenvalue weighted by molar-refractivity contribution is 6.01. The highest BCUT2D eigenvalue weighted by atomic mass is 16.2. The third-order valence-electron chi connectivity index (χ3n) is 11.5. The molecule has 266 valence electrons. The molecule has 3 amide bonds. The zero-order chi connectivity index (χ0) is 34.8. The summed E-state index contributed by atoms with van der Waals surface area (Å²) in [5.41, 5.74) is 5.98. The number of H-pyrrole nitrogens is 1. The molecule has 0 bridgehead atoms. The predicted octanol–water partition coefficient (Wildman–Crippen LogP) is 4.20. The molecule has 3 aliphatic rings. The van der Waals surface area contributed by atoms with Crippen molar-refractivity contribution in [3.8, 4) is 0 Å². The number of piperazine rings is 1. The number of aromatic amines is 1. The summed E-state index contributed by atoms with van der Waals surface area (Å²) < 4.78 is 1.81. The van der Waals surface area contributed by atoms with Crippen LogP contribution in [0.1, 0.15) is 62.3 Å². The highest BCUT2D eigenvalue weighted by Crippen LogP contribution is 2.28. The number of fused-ring (bicyclic) bond motifs is 3. The SMILES string of the molecule is CCc1ccc(C[C@@H](NC(=O)N2CCC(n3c(=O)[nH]c4c5ccccc5ncc43)CC2)C(=O)N2CCC(N3CCN(C)CC3)CC2)cc1CC. The minimum absolute atomic E-state index is 0.00718. The molecule has 2 aromatic heterocycles. The van der Waals surface area contributed by atoms with Gasteiger partial charge in [-0.1, -0.05) is 50.2 Å². The number of carbonyl (C=O) groups excluding carboxylic acids is 2. The molecular formula is C39H52N8O3. The lowest BCUT2D eigenvalue weighted by Crippen LogP contribution is -2.57. The zero-order valence-corrected chi connectivity index (χ0v) is 29.9. The summed E-state index contributed by atoms with van der Waals surface area (Å²) in [6, 6.07) is 13.9. The first-order chi connectivity index (χ1) is 24.3. The number of carbonyl (C=O) groups is 2. The van der Waals surface area contributed by atoms with Crippen molar-refractivity contribution in [1.82, 2.24) is 39.5 Å². The number of amides is 3. The van der Waals surface area contributed by atoms with Gasteiger partial charge in [-0.05, 0) is 68.3 Å². The number of likely N-dealkylation sites (tertiary alicyclic amines) is 2. The van der Waals surface area contributed by atoms with E-state index in [-0.39, 0.29) is 23.7 Å². The summed E-state index contributed by atoms with van der Waals surface area (Å²) >= 11 is 0. The monoisotopic (exact) mass is 680 g/mol. The number of piperidine rings is 2. The van der Waals surface area contributed by atoms with Crippen LogP contribution in [0.5, 0.6) is 0 Å². The molecule has 0 aliphatic carbocycles. The van der Waals surface area contributed by atoms with Gasteiger partial charge in [0.15, 0.2) is 0 Å². The number of urea groups is 1. The number of rotatable bonds is 8. The van der Waals surface area contributed by atoms with Gasteiger partial charge in [-0.15, -0.1) is 0 Å². The molecular weight excluding hydrogens is 628 g/mol. The summed E-state index contributed by atoms with van der Waals surface area (Å²) in [4.78, 5) is 57.7. The molecule has 7 rings (SSSR count). The van der Waals surface area contributed by atoms with E-state index in [0.717, 1.165) is 79.4 Å². The normalized spacial score (nSPS) is 19.3. The lowest BCUT2D eigenvalue weighted by molar-refractivity contribution is -0.135. The molecule has 3 fully saturated rings. The molecule has 4 aromatic rings. The standard InChI is InChI=1S/C39H52N8O3/c1-4-28-11-10-27(24-29(28)5-2)25-34(37(48)45-16-12-30(13-17-45)44-22-20-43(3)21-23-44)41-38(49)46-18-14-31(15-19-46)47-35-26-40-33-9-7-6-8-32(33)36(35)42-39(47)50/h6-11,24,26,30-31,34H,4-5,12-23,25H2,1-3H3,(H,41,49)(H,42,50)/t34-/m1/s1. The lowest BCUT2D eigenvalue weighted by Gasteiger charge is -2.42. The molecule has 0 radical (unpaired) electrons. The Morgan fingerprint density at radius 1 is 0.860 bits per heavy atom. The van der Waals surface area contributed by atoms with Crippen LogP contribution in [0, 0.1) is 0 Å². The Labute approximate surface area is 294 Å². The fraction of sp³-hybridized carbons (Fsp3) is 0.538. The second kappa shape index (κ2) is 14.9. The number of likely N-dealkylation sites (N-methyl/N-ethyl adjacent to an activating group) is 1. The molecule has 0 saturated carbocycles. The minimum Gasteiger partial charge on any atom is -0.341 e. The van der Waals surface area contributed by atoms with Crippen molar-refractivity contribution in [2.45, 2.75) is 76.9 Å². The molecule has 0 spiro atoms. The van der Waals surface area contributed by atoms with Crippen molar-refractivity contribution in [3.05, 3.63) is 75.8 Å². The third kappa shape index (κ3) is 7.03. The summed E-state index contributed by atoms with van der Waals surface area (Å²) in [5.74, 6) is 0.00718. The average Bonchev–Trinajstić information content (AvgIpc) is 3.50. The molecule has 2 N–H and O–H groups in total. The van der Waals surface area contributed by atoms with Gasteiger partial charge in [0.05, 0.1) is 22.7 Å². The fourth-order valence-corrected chi connectivity index (χ4v) is 8.43. The predicted molar refractivity (Wildman–Crippen MR) is 198 cm³/mol. The Balaban J connectivity index is 1.03. The number of pyridine rings is 1. The van der Waals surface area contributed by atoms with Crippen LogP contribution in [-0.4, -0.2) is 118 Å². The Kier molecular flexibility index (Phi) is 10.2. The maximum absolute atomic E-state index is 14.2. The first-order valence-electron chi connectivity index (χ1n) is 18.7. The third-order valence-corrected chi connectivity index (χ3v) is 11.5. The molecule has 50 heavy (non-hydrogen) atoms. The van der Waals surface area contributed by atoms with E-state index >= 15 is 0 Å². The number of aryl methyl sites for hydroxylation is 2. The first-order valence-corrected chi connectivity index (χ1v) is 18.7. The van der Waals surface area contributed by atoms with Crippen molar-refractivity contribution in [3.63, 3.8) is 0 Å². The van der Waals surface area contributed by atoms with Crippen molar-refractivity contribution >= 4 is 33.9 Å². The number of aromatic nitrogens is 3. The van der Waals surface area contributed by atoms with Crippen molar-refractivity contribution in [1.29, 1.82) is 0 Å². The van der Waals surface area contributed by atoms with E-state index in [1.165, 1.54) is 11.1 Å². The maximum Gasteiger partial charge on any atom is 0.326 e. The quantitative estimate of drug-likeness (QED) is 0.289. The van der Waals surface area contributed by atoms with Crippen LogP contribution in [0.25, 0.3) is 21.9 Å². The van der Waals surface area contributed by atoms with Crippen LogP contribution in [-0.2, 0) is 24.1 Å². The Morgan fingerprint density at radius 3 is 2.26 bits per heavy atom.